The molecule has 1 N–H and O–H groups in total. The lowest BCUT2D eigenvalue weighted by Gasteiger charge is -2.35. The Kier molecular flexibility index (Phi) is 7.27. The minimum atomic E-state index is -0.453. The van der Waals surface area contributed by atoms with E-state index in [0.717, 1.165) is 56.7 Å². The van der Waals surface area contributed by atoms with Crippen LogP contribution in [0.15, 0.2) is 63.4 Å². The maximum Gasteiger partial charge on any atom is 0.336 e. The van der Waals surface area contributed by atoms with Crippen LogP contribution in [0.25, 0.3) is 0 Å². The number of para-hydroxylation sites is 1. The zero-order valence-corrected chi connectivity index (χ0v) is 21.7. The van der Waals surface area contributed by atoms with E-state index >= 15 is 0 Å². The number of carbonyl (C=O) groups is 2. The van der Waals surface area contributed by atoms with Crippen LogP contribution in [0.2, 0.25) is 0 Å². The molecule has 178 valence electrons. The monoisotopic (exact) mass is 523 g/mol. The van der Waals surface area contributed by atoms with Crippen LogP contribution in [0.4, 0.5) is 0 Å². The molecule has 0 spiro atoms. The van der Waals surface area contributed by atoms with Gasteiger partial charge in [-0.2, -0.15) is 0 Å². The zero-order valence-electron chi connectivity index (χ0n) is 20.1. The number of hydrogen-bond acceptors (Lipinski definition) is 5. The molecular weight excluding hydrogens is 494 g/mol. The molecule has 6 heteroatoms. The molecule has 5 nitrogen and oxygen atoms in total. The average molecular weight is 524 g/mol. The smallest absolute Gasteiger partial charge is 0.336 e. The number of benzene rings is 2. The van der Waals surface area contributed by atoms with Gasteiger partial charge in [0.05, 0.1) is 16.7 Å². The van der Waals surface area contributed by atoms with Crippen molar-refractivity contribution in [2.45, 2.75) is 59.5 Å². The summed E-state index contributed by atoms with van der Waals surface area (Å²) in [4.78, 5) is 26.3. The number of ether oxygens (including phenoxy) is 2. The van der Waals surface area contributed by atoms with E-state index in [4.69, 9.17) is 9.47 Å². The summed E-state index contributed by atoms with van der Waals surface area (Å²) in [5.74, 6) is 0.0275. The number of esters is 1. The highest BCUT2D eigenvalue weighted by molar-refractivity contribution is 9.10. The first-order valence-electron chi connectivity index (χ1n) is 11.7. The minimum absolute atomic E-state index is 0.0963. The molecule has 34 heavy (non-hydrogen) atoms. The molecule has 0 amide bonds. The molecular formula is C28H30BrNO4. The van der Waals surface area contributed by atoms with Gasteiger partial charge in [0.2, 0.25) is 0 Å². The number of ketones is 1. The summed E-state index contributed by atoms with van der Waals surface area (Å²) in [7, 11) is 0. The molecule has 0 fully saturated rings. The summed E-state index contributed by atoms with van der Waals surface area (Å²) >= 11 is 3.53. The van der Waals surface area contributed by atoms with Crippen molar-refractivity contribution in [2.24, 2.45) is 0 Å². The fourth-order valence-electron chi connectivity index (χ4n) is 4.87. The molecule has 0 saturated heterocycles. The average Bonchev–Trinajstić information content (AvgIpc) is 2.79. The molecule has 1 aliphatic carbocycles. The van der Waals surface area contributed by atoms with Crippen molar-refractivity contribution in [1.82, 2.24) is 5.32 Å². The number of carbonyl (C=O) groups excluding carboxylic acids is 2. The molecule has 1 heterocycles. The van der Waals surface area contributed by atoms with Crippen LogP contribution < -0.4 is 10.1 Å². The standard InChI is InChI=1S/C28H30BrNO4/c1-5-33-28(32)25-18(4)30-22-10-8-11-23(31)27(22)26(25)20-14-19(16(2)13-17(20)3)15-34-24-12-7-6-9-21(24)29/h6-7,9,12-14,26,30H,5,8,10-11,15H2,1-4H3/t26-/m1/s1. The molecule has 4 rings (SSSR count). The van der Waals surface area contributed by atoms with E-state index in [2.05, 4.69) is 40.3 Å². The number of Topliss-reactive ketones (excluding diaryl/α,β-unsaturated/α-hetero) is 1. The molecule has 0 saturated carbocycles. The summed E-state index contributed by atoms with van der Waals surface area (Å²) in [5.41, 5.74) is 6.99. The highest BCUT2D eigenvalue weighted by Crippen LogP contribution is 2.44. The van der Waals surface area contributed by atoms with Gasteiger partial charge in [0.25, 0.3) is 0 Å². The van der Waals surface area contributed by atoms with Crippen molar-refractivity contribution in [3.63, 3.8) is 0 Å². The van der Waals surface area contributed by atoms with Crippen LogP contribution in [-0.4, -0.2) is 18.4 Å². The van der Waals surface area contributed by atoms with Gasteiger partial charge in [-0.1, -0.05) is 24.3 Å². The predicted octanol–water partition coefficient (Wildman–Crippen LogP) is 6.18. The molecule has 2 aromatic rings. The number of hydrogen-bond donors (Lipinski definition) is 1. The van der Waals surface area contributed by atoms with Crippen molar-refractivity contribution < 1.29 is 19.1 Å². The van der Waals surface area contributed by atoms with Gasteiger partial charge >= 0.3 is 5.97 Å². The Labute approximate surface area is 209 Å². The van der Waals surface area contributed by atoms with Crippen molar-refractivity contribution in [3.8, 4) is 5.75 Å². The Balaban J connectivity index is 1.80. The van der Waals surface area contributed by atoms with E-state index in [1.54, 1.807) is 6.92 Å². The van der Waals surface area contributed by atoms with Crippen LogP contribution in [0.5, 0.6) is 5.75 Å². The van der Waals surface area contributed by atoms with Gasteiger partial charge in [-0.05, 0) is 90.9 Å². The third-order valence-corrected chi connectivity index (χ3v) is 7.18. The zero-order chi connectivity index (χ0) is 24.4. The summed E-state index contributed by atoms with van der Waals surface area (Å²) in [6, 6.07) is 12.0. The van der Waals surface area contributed by atoms with Gasteiger partial charge in [0.15, 0.2) is 5.78 Å². The lowest BCUT2D eigenvalue weighted by molar-refractivity contribution is -0.138. The van der Waals surface area contributed by atoms with Crippen LogP contribution in [0, 0.1) is 13.8 Å². The van der Waals surface area contributed by atoms with Crippen LogP contribution >= 0.6 is 15.9 Å². The summed E-state index contributed by atoms with van der Waals surface area (Å²) < 4.78 is 12.4. The Morgan fingerprint density at radius 3 is 2.62 bits per heavy atom. The Morgan fingerprint density at radius 1 is 1.12 bits per heavy atom. The lowest BCUT2D eigenvalue weighted by atomic mass is 9.73. The molecule has 0 bridgehead atoms. The van der Waals surface area contributed by atoms with Gasteiger partial charge in [-0.3, -0.25) is 4.79 Å². The normalized spacial score (nSPS) is 17.9. The van der Waals surface area contributed by atoms with E-state index in [-0.39, 0.29) is 18.4 Å². The number of nitrogens with one attached hydrogen (secondary N) is 1. The van der Waals surface area contributed by atoms with Crippen molar-refractivity contribution >= 4 is 27.7 Å². The summed E-state index contributed by atoms with van der Waals surface area (Å²) in [5, 5.41) is 3.34. The summed E-state index contributed by atoms with van der Waals surface area (Å²) in [6.07, 6.45) is 2.11. The van der Waals surface area contributed by atoms with Crippen LogP contribution in [0.1, 0.15) is 61.3 Å². The first-order chi connectivity index (χ1) is 16.3. The lowest BCUT2D eigenvalue weighted by Crippen LogP contribution is -2.34. The van der Waals surface area contributed by atoms with Gasteiger partial charge < -0.3 is 14.8 Å². The van der Waals surface area contributed by atoms with E-state index in [9.17, 15) is 9.59 Å². The molecule has 2 aliphatic rings. The Bertz CT molecular complexity index is 1210. The van der Waals surface area contributed by atoms with E-state index in [1.165, 1.54) is 0 Å². The van der Waals surface area contributed by atoms with Gasteiger partial charge in [-0.25, -0.2) is 4.79 Å². The molecule has 1 atom stereocenters. The minimum Gasteiger partial charge on any atom is -0.488 e. The fraction of sp³-hybridized carbons (Fsp3) is 0.357. The summed E-state index contributed by atoms with van der Waals surface area (Å²) in [6.45, 7) is 8.44. The molecule has 1 aliphatic heterocycles. The topological polar surface area (TPSA) is 64.6 Å². The third-order valence-electron chi connectivity index (χ3n) is 6.53. The fourth-order valence-corrected chi connectivity index (χ4v) is 5.27. The van der Waals surface area contributed by atoms with Crippen molar-refractivity contribution in [1.29, 1.82) is 0 Å². The molecule has 0 aromatic heterocycles. The second-order valence-corrected chi connectivity index (χ2v) is 9.69. The van der Waals surface area contributed by atoms with E-state index < -0.39 is 5.92 Å². The van der Waals surface area contributed by atoms with Crippen LogP contribution in [0.3, 0.4) is 0 Å². The first kappa shape index (κ1) is 24.3. The number of dihydropyridines is 1. The number of aryl methyl sites for hydroxylation is 2. The second kappa shape index (κ2) is 10.2. The third kappa shape index (κ3) is 4.69. The van der Waals surface area contributed by atoms with Gasteiger partial charge in [0, 0.05) is 29.3 Å². The quantitative estimate of drug-likeness (QED) is 0.458. The van der Waals surface area contributed by atoms with Crippen molar-refractivity contribution in [2.75, 3.05) is 6.61 Å². The highest BCUT2D eigenvalue weighted by Gasteiger charge is 2.39. The van der Waals surface area contributed by atoms with Gasteiger partial charge in [-0.15, -0.1) is 0 Å². The number of rotatable bonds is 6. The highest BCUT2D eigenvalue weighted by atomic mass is 79.9. The van der Waals surface area contributed by atoms with Crippen LogP contribution in [-0.2, 0) is 20.9 Å². The number of allylic oxidation sites excluding steroid dienone is 3. The maximum absolute atomic E-state index is 13.2. The second-order valence-electron chi connectivity index (χ2n) is 8.84. The Morgan fingerprint density at radius 2 is 1.88 bits per heavy atom. The van der Waals surface area contributed by atoms with Gasteiger partial charge in [0.1, 0.15) is 12.4 Å². The van der Waals surface area contributed by atoms with E-state index in [0.29, 0.717) is 24.2 Å². The first-order valence-corrected chi connectivity index (χ1v) is 12.5. The molecule has 2 aromatic carbocycles. The Hall–Kier alpha value is -2.86. The largest absolute Gasteiger partial charge is 0.488 e. The van der Waals surface area contributed by atoms with Crippen molar-refractivity contribution in [3.05, 3.63) is 85.7 Å². The molecule has 0 unspecified atom stereocenters. The predicted molar refractivity (Wildman–Crippen MR) is 135 cm³/mol. The maximum atomic E-state index is 13.2. The number of halogens is 1. The SMILES string of the molecule is CCOC(=O)C1=C(C)NC2=C(C(=O)CCC2)[C@@H]1c1cc(COc2ccccc2Br)c(C)cc1C. The van der Waals surface area contributed by atoms with E-state index in [1.807, 2.05) is 38.1 Å². The molecule has 0 radical (unpaired) electrons.